The van der Waals surface area contributed by atoms with E-state index in [1.165, 1.54) is 0 Å². The van der Waals surface area contributed by atoms with E-state index >= 15 is 0 Å². The summed E-state index contributed by atoms with van der Waals surface area (Å²) in [7, 11) is 0. The Morgan fingerprint density at radius 2 is 1.48 bits per heavy atom. The highest BCUT2D eigenvalue weighted by Gasteiger charge is 2.28. The van der Waals surface area contributed by atoms with E-state index in [0.29, 0.717) is 0 Å². The molecule has 6 aromatic rings. The van der Waals surface area contributed by atoms with Crippen LogP contribution in [0.15, 0.2) is 72.9 Å². The third-order valence-electron chi connectivity index (χ3n) is 5.05. The first-order valence-electron chi connectivity index (χ1n) is 9.65. The third kappa shape index (κ3) is 2.90. The predicted octanol–water partition coefficient (Wildman–Crippen LogP) is 4.98. The third-order valence-corrected chi connectivity index (χ3v) is 5.85. The van der Waals surface area contributed by atoms with Crippen LogP contribution in [-0.4, -0.2) is 40.1 Å². The van der Waals surface area contributed by atoms with Crippen molar-refractivity contribution in [2.24, 2.45) is 0 Å². The van der Waals surface area contributed by atoms with Crippen LogP contribution in [-0.2, 0) is 0 Å². The molecule has 6 rings (SSSR count). The lowest BCUT2D eigenvalue weighted by Crippen LogP contribution is -2.02. The number of thiazole rings is 1. The van der Waals surface area contributed by atoms with Gasteiger partial charge in [0.05, 0.1) is 28.5 Å². The van der Waals surface area contributed by atoms with E-state index in [0.717, 1.165) is 56.0 Å². The standard InChI is InChI=1S/C22H16N8S/c1-3-14(23-6-1)19-16(13-5-8-28-30-13)17(21-25-9-10-26-21)18(22-27-11-12-31-22)20(29-19)15-4-2-7-24-15/h1-12,23-24H,(H,25,26)(H,28,30). The highest BCUT2D eigenvalue weighted by Crippen LogP contribution is 2.46. The van der Waals surface area contributed by atoms with E-state index in [1.807, 2.05) is 54.3 Å². The van der Waals surface area contributed by atoms with Gasteiger partial charge in [0.15, 0.2) is 0 Å². The number of pyridine rings is 1. The average molecular weight is 424 g/mol. The first-order valence-corrected chi connectivity index (χ1v) is 10.5. The summed E-state index contributed by atoms with van der Waals surface area (Å²) in [4.78, 5) is 24.3. The number of aromatic nitrogens is 8. The van der Waals surface area contributed by atoms with Gasteiger partial charge in [-0.1, -0.05) is 0 Å². The average Bonchev–Trinajstić information content (AvgIpc) is 3.65. The maximum Gasteiger partial charge on any atom is 0.138 e. The molecule has 0 saturated heterocycles. The van der Waals surface area contributed by atoms with Crippen molar-refractivity contribution in [3.8, 4) is 56.0 Å². The second-order valence-corrected chi connectivity index (χ2v) is 7.74. The van der Waals surface area contributed by atoms with Gasteiger partial charge in [-0.25, -0.2) is 15.0 Å². The molecule has 150 valence electrons. The van der Waals surface area contributed by atoms with Crippen LogP contribution in [0.4, 0.5) is 0 Å². The molecule has 9 heteroatoms. The van der Waals surface area contributed by atoms with Crippen molar-refractivity contribution in [3.63, 3.8) is 0 Å². The number of hydrogen-bond acceptors (Lipinski definition) is 5. The molecule has 0 spiro atoms. The number of nitrogens with one attached hydrogen (secondary N) is 4. The maximum atomic E-state index is 5.15. The van der Waals surface area contributed by atoms with Gasteiger partial charge in [0, 0.05) is 59.3 Å². The molecule has 0 bridgehead atoms. The van der Waals surface area contributed by atoms with Crippen LogP contribution in [0.1, 0.15) is 0 Å². The fourth-order valence-electron chi connectivity index (χ4n) is 3.78. The molecule has 0 aliphatic rings. The van der Waals surface area contributed by atoms with E-state index in [1.54, 1.807) is 29.9 Å². The number of H-pyrrole nitrogens is 4. The lowest BCUT2D eigenvalue weighted by Gasteiger charge is -2.18. The highest BCUT2D eigenvalue weighted by atomic mass is 32.1. The van der Waals surface area contributed by atoms with Gasteiger partial charge < -0.3 is 15.0 Å². The molecular weight excluding hydrogens is 408 g/mol. The van der Waals surface area contributed by atoms with Gasteiger partial charge in [0.1, 0.15) is 10.8 Å². The zero-order valence-electron chi connectivity index (χ0n) is 16.1. The van der Waals surface area contributed by atoms with Crippen LogP contribution < -0.4 is 0 Å². The summed E-state index contributed by atoms with van der Waals surface area (Å²) >= 11 is 1.57. The van der Waals surface area contributed by atoms with Gasteiger partial charge in [-0.2, -0.15) is 5.10 Å². The zero-order chi connectivity index (χ0) is 20.6. The van der Waals surface area contributed by atoms with E-state index in [2.05, 4.69) is 35.1 Å². The van der Waals surface area contributed by atoms with E-state index in [9.17, 15) is 0 Å². The Kier molecular flexibility index (Phi) is 4.10. The fraction of sp³-hybridized carbons (Fsp3) is 0. The molecule has 6 heterocycles. The molecule has 6 aromatic heterocycles. The maximum absolute atomic E-state index is 5.15. The molecule has 4 N–H and O–H groups in total. The zero-order valence-corrected chi connectivity index (χ0v) is 16.9. The molecule has 0 radical (unpaired) electrons. The van der Waals surface area contributed by atoms with Crippen molar-refractivity contribution in [1.82, 2.24) is 40.1 Å². The Balaban J connectivity index is 1.82. The molecule has 0 aliphatic heterocycles. The lowest BCUT2D eigenvalue weighted by atomic mass is 9.93. The minimum Gasteiger partial charge on any atom is -0.360 e. The van der Waals surface area contributed by atoms with Crippen LogP contribution >= 0.6 is 11.3 Å². The smallest absolute Gasteiger partial charge is 0.138 e. The van der Waals surface area contributed by atoms with Crippen LogP contribution in [0.3, 0.4) is 0 Å². The van der Waals surface area contributed by atoms with Crippen LogP contribution in [0.2, 0.25) is 0 Å². The number of nitrogens with zero attached hydrogens (tertiary/aromatic N) is 4. The van der Waals surface area contributed by atoms with Crippen molar-refractivity contribution < 1.29 is 0 Å². The quantitative estimate of drug-likeness (QED) is 0.312. The van der Waals surface area contributed by atoms with E-state index in [4.69, 9.17) is 4.98 Å². The molecule has 31 heavy (non-hydrogen) atoms. The Bertz CT molecular complexity index is 1310. The Hall–Kier alpha value is -4.24. The molecule has 0 aromatic carbocycles. The minimum absolute atomic E-state index is 0.734. The van der Waals surface area contributed by atoms with Gasteiger partial charge in [-0.15, -0.1) is 11.3 Å². The normalized spacial score (nSPS) is 11.2. The summed E-state index contributed by atoms with van der Waals surface area (Å²) in [6, 6.07) is 9.89. The Labute approximate surface area is 180 Å². The fourth-order valence-corrected chi connectivity index (χ4v) is 4.47. The first kappa shape index (κ1) is 17.6. The van der Waals surface area contributed by atoms with E-state index in [-0.39, 0.29) is 0 Å². The molecule has 8 nitrogen and oxygen atoms in total. The molecule has 0 aliphatic carbocycles. The summed E-state index contributed by atoms with van der Waals surface area (Å²) < 4.78 is 0. The Morgan fingerprint density at radius 1 is 0.677 bits per heavy atom. The van der Waals surface area contributed by atoms with Gasteiger partial charge in [0.25, 0.3) is 0 Å². The molecular formula is C22H16N8S. The van der Waals surface area contributed by atoms with Gasteiger partial charge in [-0.3, -0.25) is 5.10 Å². The van der Waals surface area contributed by atoms with Crippen molar-refractivity contribution in [2.75, 3.05) is 0 Å². The highest BCUT2D eigenvalue weighted by molar-refractivity contribution is 7.13. The monoisotopic (exact) mass is 424 g/mol. The summed E-state index contributed by atoms with van der Waals surface area (Å²) in [6.07, 6.45) is 10.9. The second-order valence-electron chi connectivity index (χ2n) is 6.85. The number of aromatic amines is 4. The molecule has 0 atom stereocenters. The molecule has 0 unspecified atom stereocenters. The van der Waals surface area contributed by atoms with Crippen molar-refractivity contribution in [3.05, 3.63) is 72.9 Å². The van der Waals surface area contributed by atoms with Crippen molar-refractivity contribution in [2.45, 2.75) is 0 Å². The van der Waals surface area contributed by atoms with Crippen molar-refractivity contribution >= 4 is 11.3 Å². The SMILES string of the molecule is c1c[nH]c(-c2nc(-c3ccc[nH]3)c(-c3nccs3)c(-c3ncc[nH]3)c2-c2ccn[nH]2)c1. The van der Waals surface area contributed by atoms with Gasteiger partial charge in [-0.05, 0) is 30.3 Å². The van der Waals surface area contributed by atoms with E-state index < -0.39 is 0 Å². The first-order chi connectivity index (χ1) is 15.4. The molecule has 0 amide bonds. The van der Waals surface area contributed by atoms with Gasteiger partial charge >= 0.3 is 0 Å². The van der Waals surface area contributed by atoms with Crippen LogP contribution in [0.5, 0.6) is 0 Å². The van der Waals surface area contributed by atoms with Crippen LogP contribution in [0, 0.1) is 0 Å². The number of rotatable bonds is 5. The minimum atomic E-state index is 0.734. The predicted molar refractivity (Wildman–Crippen MR) is 120 cm³/mol. The second kappa shape index (κ2) is 7.22. The van der Waals surface area contributed by atoms with Gasteiger partial charge in [0.2, 0.25) is 0 Å². The van der Waals surface area contributed by atoms with Crippen LogP contribution in [0.25, 0.3) is 56.0 Å². The molecule has 0 fully saturated rings. The summed E-state index contributed by atoms with van der Waals surface area (Å²) in [5.74, 6) is 0.734. The summed E-state index contributed by atoms with van der Waals surface area (Å²) in [6.45, 7) is 0. The lowest BCUT2D eigenvalue weighted by molar-refractivity contribution is 1.09. The number of imidazole rings is 1. The largest absolute Gasteiger partial charge is 0.360 e. The summed E-state index contributed by atoms with van der Waals surface area (Å²) in [5.41, 5.74) is 6.97. The van der Waals surface area contributed by atoms with Crippen molar-refractivity contribution in [1.29, 1.82) is 0 Å². The topological polar surface area (TPSA) is 115 Å². The Morgan fingerprint density at radius 3 is 2.06 bits per heavy atom. The number of hydrogen-bond donors (Lipinski definition) is 4. The summed E-state index contributed by atoms with van der Waals surface area (Å²) in [5, 5.41) is 10.1. The molecule has 0 saturated carbocycles.